The van der Waals surface area contributed by atoms with Crippen LogP contribution >= 0.6 is 0 Å². The van der Waals surface area contributed by atoms with Gasteiger partial charge >= 0.3 is 0 Å². The van der Waals surface area contributed by atoms with Gasteiger partial charge < -0.3 is 10.1 Å². The smallest absolute Gasteiger partial charge is 0.163 e. The monoisotopic (exact) mass is 320 g/mol. The highest BCUT2D eigenvalue weighted by Gasteiger charge is 2.11. The third-order valence-corrected chi connectivity index (χ3v) is 3.81. The fourth-order valence-corrected chi connectivity index (χ4v) is 2.60. The van der Waals surface area contributed by atoms with Crippen LogP contribution < -0.4 is 10.1 Å². The molecule has 3 aromatic heterocycles. The molecular weight excluding hydrogens is 304 g/mol. The number of nitrogens with one attached hydrogen (secondary N) is 2. The van der Waals surface area contributed by atoms with E-state index >= 15 is 0 Å². The Labute approximate surface area is 138 Å². The zero-order valence-electron chi connectivity index (χ0n) is 13.3. The van der Waals surface area contributed by atoms with Gasteiger partial charge in [0.25, 0.3) is 0 Å². The molecule has 0 unspecified atom stereocenters. The van der Waals surface area contributed by atoms with Crippen molar-refractivity contribution < 1.29 is 4.74 Å². The molecule has 7 heteroatoms. The molecule has 0 aliphatic carbocycles. The first-order chi connectivity index (χ1) is 11.7. The minimum Gasteiger partial charge on any atom is -0.496 e. The number of anilines is 2. The van der Waals surface area contributed by atoms with Crippen LogP contribution in [0.15, 0.2) is 48.7 Å². The lowest BCUT2D eigenvalue weighted by Crippen LogP contribution is -1.98. The lowest BCUT2D eigenvalue weighted by molar-refractivity contribution is 0.419. The Bertz CT molecular complexity index is 989. The minimum absolute atomic E-state index is 0.647. The van der Waals surface area contributed by atoms with Gasteiger partial charge in [-0.25, -0.2) is 4.98 Å². The van der Waals surface area contributed by atoms with Crippen molar-refractivity contribution in [2.45, 2.75) is 0 Å². The number of aromatic nitrogens is 5. The van der Waals surface area contributed by atoms with E-state index in [4.69, 9.17) is 4.74 Å². The third-order valence-electron chi connectivity index (χ3n) is 3.81. The summed E-state index contributed by atoms with van der Waals surface area (Å²) in [5.74, 6) is 2.05. The van der Waals surface area contributed by atoms with Gasteiger partial charge in [0.2, 0.25) is 0 Å². The van der Waals surface area contributed by atoms with Crippen molar-refractivity contribution in [2.24, 2.45) is 7.05 Å². The quantitative estimate of drug-likeness (QED) is 0.604. The molecular formula is C17H16N6O. The van der Waals surface area contributed by atoms with Crippen LogP contribution in [-0.4, -0.2) is 32.1 Å². The number of aromatic amines is 1. The molecule has 7 nitrogen and oxygen atoms in total. The number of hydrogen-bond donors (Lipinski definition) is 2. The molecule has 0 fully saturated rings. The zero-order chi connectivity index (χ0) is 16.5. The summed E-state index contributed by atoms with van der Waals surface area (Å²) in [6, 6.07) is 13.8. The molecule has 4 aromatic rings. The van der Waals surface area contributed by atoms with Crippen LogP contribution in [0.5, 0.6) is 5.75 Å². The number of nitrogens with zero attached hydrogens (tertiary/aromatic N) is 4. The number of pyridine rings is 1. The van der Waals surface area contributed by atoms with Gasteiger partial charge in [-0.15, -0.1) is 0 Å². The molecule has 0 aliphatic rings. The van der Waals surface area contributed by atoms with E-state index < -0.39 is 0 Å². The van der Waals surface area contributed by atoms with Gasteiger partial charge in [-0.1, -0.05) is 30.3 Å². The number of rotatable bonds is 4. The largest absolute Gasteiger partial charge is 0.496 e. The summed E-state index contributed by atoms with van der Waals surface area (Å²) in [6.45, 7) is 0. The van der Waals surface area contributed by atoms with Crippen molar-refractivity contribution >= 4 is 22.7 Å². The standard InChI is InChI=1S/C17H16N6O/c1-23-17-12(10-18-23)14(24-2)9-15(20-17)19-16-8-13(21-22-16)11-6-4-3-5-7-11/h3-10H,1-2H3,(H2,19,20,21,22). The molecule has 0 saturated carbocycles. The van der Waals surface area contributed by atoms with Crippen LogP contribution in [0, 0.1) is 0 Å². The molecule has 3 heterocycles. The number of benzene rings is 1. The Morgan fingerprint density at radius 3 is 2.75 bits per heavy atom. The first-order valence-electron chi connectivity index (χ1n) is 7.49. The van der Waals surface area contributed by atoms with Gasteiger partial charge in [0.1, 0.15) is 11.6 Å². The van der Waals surface area contributed by atoms with Gasteiger partial charge in [0, 0.05) is 19.2 Å². The second-order valence-electron chi connectivity index (χ2n) is 5.37. The number of ether oxygens (including phenoxy) is 1. The predicted octanol–water partition coefficient (Wildman–Crippen LogP) is 3.11. The van der Waals surface area contributed by atoms with E-state index in [1.807, 2.05) is 49.5 Å². The van der Waals surface area contributed by atoms with E-state index in [9.17, 15) is 0 Å². The SMILES string of the molecule is COc1cc(Nc2cc(-c3ccccc3)[nH]n2)nc2c1cnn2C. The van der Waals surface area contributed by atoms with Crippen molar-refractivity contribution in [2.75, 3.05) is 12.4 Å². The van der Waals surface area contributed by atoms with Crippen molar-refractivity contribution in [1.29, 1.82) is 0 Å². The summed E-state index contributed by atoms with van der Waals surface area (Å²) in [6.07, 6.45) is 1.74. The molecule has 0 radical (unpaired) electrons. The van der Waals surface area contributed by atoms with Gasteiger partial charge in [-0.2, -0.15) is 10.2 Å². The predicted molar refractivity (Wildman–Crippen MR) is 92.4 cm³/mol. The van der Waals surface area contributed by atoms with E-state index in [0.717, 1.165) is 28.0 Å². The van der Waals surface area contributed by atoms with Crippen molar-refractivity contribution in [3.8, 4) is 17.0 Å². The highest BCUT2D eigenvalue weighted by atomic mass is 16.5. The second kappa shape index (κ2) is 5.69. The summed E-state index contributed by atoms with van der Waals surface area (Å²) in [4.78, 5) is 4.58. The molecule has 0 bridgehead atoms. The summed E-state index contributed by atoms with van der Waals surface area (Å²) in [7, 11) is 3.48. The van der Waals surface area contributed by atoms with Crippen LogP contribution in [0.25, 0.3) is 22.3 Å². The fourth-order valence-electron chi connectivity index (χ4n) is 2.60. The Morgan fingerprint density at radius 1 is 1.12 bits per heavy atom. The van der Waals surface area contributed by atoms with E-state index in [-0.39, 0.29) is 0 Å². The van der Waals surface area contributed by atoms with Crippen LogP contribution in [-0.2, 0) is 7.05 Å². The molecule has 0 atom stereocenters. The van der Waals surface area contributed by atoms with Crippen LogP contribution in [0.4, 0.5) is 11.6 Å². The number of aryl methyl sites for hydroxylation is 1. The van der Waals surface area contributed by atoms with Crippen molar-refractivity contribution in [3.63, 3.8) is 0 Å². The third kappa shape index (κ3) is 2.45. The molecule has 0 amide bonds. The summed E-state index contributed by atoms with van der Waals surface area (Å²) < 4.78 is 7.14. The normalized spacial score (nSPS) is 10.9. The Morgan fingerprint density at radius 2 is 1.96 bits per heavy atom. The van der Waals surface area contributed by atoms with E-state index in [2.05, 4.69) is 25.6 Å². The van der Waals surface area contributed by atoms with Crippen LogP contribution in [0.1, 0.15) is 0 Å². The molecule has 1 aromatic carbocycles. The Kier molecular flexibility index (Phi) is 3.38. The van der Waals surface area contributed by atoms with Gasteiger partial charge in [-0.3, -0.25) is 9.78 Å². The highest BCUT2D eigenvalue weighted by molar-refractivity contribution is 5.84. The topological polar surface area (TPSA) is 80.7 Å². The van der Waals surface area contributed by atoms with E-state index in [1.165, 1.54) is 0 Å². The lowest BCUT2D eigenvalue weighted by Gasteiger charge is -2.06. The fraction of sp³-hybridized carbons (Fsp3) is 0.118. The van der Waals surface area contributed by atoms with Gasteiger partial charge in [-0.05, 0) is 5.56 Å². The maximum Gasteiger partial charge on any atom is 0.163 e. The van der Waals surface area contributed by atoms with E-state index in [0.29, 0.717) is 11.6 Å². The zero-order valence-corrected chi connectivity index (χ0v) is 13.3. The summed E-state index contributed by atoms with van der Waals surface area (Å²) >= 11 is 0. The minimum atomic E-state index is 0.647. The number of fused-ring (bicyclic) bond motifs is 1. The van der Waals surface area contributed by atoms with Gasteiger partial charge in [0.15, 0.2) is 11.5 Å². The average molecular weight is 320 g/mol. The van der Waals surface area contributed by atoms with Crippen LogP contribution in [0.3, 0.4) is 0 Å². The van der Waals surface area contributed by atoms with Crippen LogP contribution in [0.2, 0.25) is 0 Å². The molecule has 0 saturated heterocycles. The highest BCUT2D eigenvalue weighted by Crippen LogP contribution is 2.28. The second-order valence-corrected chi connectivity index (χ2v) is 5.37. The summed E-state index contributed by atoms with van der Waals surface area (Å²) in [5.41, 5.74) is 2.76. The Balaban J connectivity index is 1.67. The van der Waals surface area contributed by atoms with Gasteiger partial charge in [0.05, 0.1) is 24.4 Å². The number of H-pyrrole nitrogens is 1. The maximum atomic E-state index is 5.43. The molecule has 4 rings (SSSR count). The Hall–Kier alpha value is -3.35. The first kappa shape index (κ1) is 14.3. The molecule has 120 valence electrons. The van der Waals surface area contributed by atoms with Crippen molar-refractivity contribution in [3.05, 3.63) is 48.7 Å². The van der Waals surface area contributed by atoms with E-state index in [1.54, 1.807) is 18.0 Å². The number of hydrogen-bond acceptors (Lipinski definition) is 5. The molecule has 24 heavy (non-hydrogen) atoms. The van der Waals surface area contributed by atoms with Crippen molar-refractivity contribution in [1.82, 2.24) is 25.0 Å². The maximum absolute atomic E-state index is 5.43. The molecule has 2 N–H and O–H groups in total. The average Bonchev–Trinajstić information content (AvgIpc) is 3.23. The summed E-state index contributed by atoms with van der Waals surface area (Å²) in [5, 5.41) is 15.6. The molecule has 0 aliphatic heterocycles. The first-order valence-corrected chi connectivity index (χ1v) is 7.49. The number of methoxy groups -OCH3 is 1. The molecule has 0 spiro atoms. The lowest BCUT2D eigenvalue weighted by atomic mass is 10.2.